The zero-order valence-electron chi connectivity index (χ0n) is 7.71. The number of aliphatic hydroxyl groups is 1. The van der Waals surface area contributed by atoms with Crippen LogP contribution in [0.2, 0.25) is 0 Å². The first-order valence-corrected chi connectivity index (χ1v) is 4.15. The van der Waals surface area contributed by atoms with Crippen molar-refractivity contribution in [3.63, 3.8) is 0 Å². The summed E-state index contributed by atoms with van der Waals surface area (Å²) >= 11 is 0. The van der Waals surface area contributed by atoms with Gasteiger partial charge in [0.05, 0.1) is 19.1 Å². The van der Waals surface area contributed by atoms with Crippen LogP contribution >= 0.6 is 12.4 Å². The van der Waals surface area contributed by atoms with Crippen LogP contribution < -0.4 is 5.32 Å². The number of esters is 1. The molecule has 0 aromatic rings. The summed E-state index contributed by atoms with van der Waals surface area (Å²) in [6, 6.07) is 0. The predicted octanol–water partition coefficient (Wildman–Crippen LogP) is -0.0567. The summed E-state index contributed by atoms with van der Waals surface area (Å²) in [5, 5.41) is 12.2. The molecule has 1 fully saturated rings. The van der Waals surface area contributed by atoms with Crippen molar-refractivity contribution in [3.05, 3.63) is 0 Å². The van der Waals surface area contributed by atoms with Crippen molar-refractivity contribution in [1.29, 1.82) is 0 Å². The molecule has 1 saturated heterocycles. The van der Waals surface area contributed by atoms with Gasteiger partial charge in [-0.25, -0.2) is 0 Å². The van der Waals surface area contributed by atoms with Gasteiger partial charge in [0.1, 0.15) is 0 Å². The van der Waals surface area contributed by atoms with Gasteiger partial charge in [0.2, 0.25) is 0 Å². The maximum Gasteiger partial charge on any atom is 0.314 e. The lowest BCUT2D eigenvalue weighted by atomic mass is 9.80. The number of nitrogens with one attached hydrogen (secondary N) is 1. The maximum absolute atomic E-state index is 11.3. The third kappa shape index (κ3) is 2.56. The summed E-state index contributed by atoms with van der Waals surface area (Å²) in [5.41, 5.74) is -0.639. The Morgan fingerprint density at radius 1 is 1.54 bits per heavy atom. The summed E-state index contributed by atoms with van der Waals surface area (Å²) in [6.45, 7) is 1.44. The fourth-order valence-electron chi connectivity index (χ4n) is 1.55. The Morgan fingerprint density at radius 3 is 2.46 bits per heavy atom. The van der Waals surface area contributed by atoms with Gasteiger partial charge in [-0.1, -0.05) is 0 Å². The van der Waals surface area contributed by atoms with Crippen LogP contribution in [-0.2, 0) is 9.53 Å². The molecule has 0 amide bonds. The molecule has 0 aromatic heterocycles. The summed E-state index contributed by atoms with van der Waals surface area (Å²) in [5.74, 6) is -0.286. The van der Waals surface area contributed by atoms with Gasteiger partial charge < -0.3 is 15.2 Å². The minimum atomic E-state index is -0.639. The molecule has 0 spiro atoms. The van der Waals surface area contributed by atoms with Crippen LogP contribution in [0, 0.1) is 5.41 Å². The van der Waals surface area contributed by atoms with Gasteiger partial charge in [-0.2, -0.15) is 0 Å². The Labute approximate surface area is 84.1 Å². The molecule has 0 saturated carbocycles. The lowest BCUT2D eigenvalue weighted by Gasteiger charge is -2.32. The number of piperidine rings is 1. The van der Waals surface area contributed by atoms with E-state index in [0.29, 0.717) is 12.8 Å². The number of aliphatic hydroxyl groups excluding tert-OH is 1. The highest BCUT2D eigenvalue weighted by Crippen LogP contribution is 2.29. The van der Waals surface area contributed by atoms with E-state index in [9.17, 15) is 4.79 Å². The second kappa shape index (κ2) is 5.42. The molecule has 1 rings (SSSR count). The molecule has 0 bridgehead atoms. The van der Waals surface area contributed by atoms with Crippen LogP contribution in [0.3, 0.4) is 0 Å². The number of carbonyl (C=O) groups excluding carboxylic acids is 1. The lowest BCUT2D eigenvalue weighted by Crippen LogP contribution is -2.45. The van der Waals surface area contributed by atoms with Crippen LogP contribution in [0.4, 0.5) is 0 Å². The largest absolute Gasteiger partial charge is 0.469 e. The van der Waals surface area contributed by atoms with E-state index in [4.69, 9.17) is 5.11 Å². The van der Waals surface area contributed by atoms with Crippen molar-refractivity contribution >= 4 is 18.4 Å². The average molecular weight is 210 g/mol. The topological polar surface area (TPSA) is 58.6 Å². The Morgan fingerprint density at radius 2 is 2.08 bits per heavy atom. The molecule has 4 nitrogen and oxygen atoms in total. The zero-order valence-corrected chi connectivity index (χ0v) is 8.52. The van der Waals surface area contributed by atoms with Gasteiger partial charge in [0.25, 0.3) is 0 Å². The quantitative estimate of drug-likeness (QED) is 0.626. The summed E-state index contributed by atoms with van der Waals surface area (Å²) in [4.78, 5) is 11.3. The Bertz CT molecular complexity index is 169. The summed E-state index contributed by atoms with van der Waals surface area (Å²) in [6.07, 6.45) is 1.33. The average Bonchev–Trinajstić information content (AvgIpc) is 2.17. The van der Waals surface area contributed by atoms with E-state index in [1.807, 2.05) is 0 Å². The predicted molar refractivity (Wildman–Crippen MR) is 50.9 cm³/mol. The van der Waals surface area contributed by atoms with Crippen molar-refractivity contribution in [2.45, 2.75) is 12.8 Å². The molecular formula is C8H16ClNO3. The van der Waals surface area contributed by atoms with Crippen molar-refractivity contribution in [1.82, 2.24) is 5.32 Å². The summed E-state index contributed by atoms with van der Waals surface area (Å²) in [7, 11) is 1.36. The third-order valence-electron chi connectivity index (χ3n) is 2.48. The molecule has 78 valence electrons. The van der Waals surface area contributed by atoms with Gasteiger partial charge in [-0.05, 0) is 25.9 Å². The van der Waals surface area contributed by atoms with Crippen molar-refractivity contribution in [2.75, 3.05) is 26.8 Å². The first-order chi connectivity index (χ1) is 5.75. The molecule has 1 aliphatic heterocycles. The van der Waals surface area contributed by atoms with E-state index in [1.165, 1.54) is 7.11 Å². The molecule has 5 heteroatoms. The van der Waals surface area contributed by atoms with Crippen LogP contribution in [0.25, 0.3) is 0 Å². The monoisotopic (exact) mass is 209 g/mol. The smallest absolute Gasteiger partial charge is 0.314 e. The Balaban J connectivity index is 0.00000144. The number of halogens is 1. The van der Waals surface area contributed by atoms with Gasteiger partial charge >= 0.3 is 5.97 Å². The molecular weight excluding hydrogens is 194 g/mol. The van der Waals surface area contributed by atoms with E-state index in [1.54, 1.807) is 0 Å². The third-order valence-corrected chi connectivity index (χ3v) is 2.48. The fraction of sp³-hybridized carbons (Fsp3) is 0.875. The molecule has 13 heavy (non-hydrogen) atoms. The van der Waals surface area contributed by atoms with E-state index < -0.39 is 5.41 Å². The second-order valence-corrected chi connectivity index (χ2v) is 3.18. The molecule has 1 heterocycles. The number of hydrogen-bond acceptors (Lipinski definition) is 4. The fourth-order valence-corrected chi connectivity index (χ4v) is 1.55. The Hall–Kier alpha value is -0.320. The van der Waals surface area contributed by atoms with Crippen molar-refractivity contribution in [2.24, 2.45) is 5.41 Å². The highest BCUT2D eigenvalue weighted by atomic mass is 35.5. The van der Waals surface area contributed by atoms with Crippen LogP contribution in [0.5, 0.6) is 0 Å². The molecule has 0 unspecified atom stereocenters. The van der Waals surface area contributed by atoms with Gasteiger partial charge in [-0.3, -0.25) is 4.79 Å². The Kier molecular flexibility index (Phi) is 5.29. The van der Waals surface area contributed by atoms with Crippen LogP contribution in [0.1, 0.15) is 12.8 Å². The number of carbonyl (C=O) groups is 1. The second-order valence-electron chi connectivity index (χ2n) is 3.18. The van der Waals surface area contributed by atoms with E-state index in [2.05, 4.69) is 10.1 Å². The summed E-state index contributed by atoms with van der Waals surface area (Å²) < 4.78 is 4.66. The van der Waals surface area contributed by atoms with Gasteiger partial charge in [0, 0.05) is 0 Å². The first-order valence-electron chi connectivity index (χ1n) is 4.15. The maximum atomic E-state index is 11.3. The number of methoxy groups -OCH3 is 1. The van der Waals surface area contributed by atoms with E-state index >= 15 is 0 Å². The van der Waals surface area contributed by atoms with Crippen LogP contribution in [-0.4, -0.2) is 37.9 Å². The number of ether oxygens (including phenoxy) is 1. The highest BCUT2D eigenvalue weighted by Gasteiger charge is 2.39. The lowest BCUT2D eigenvalue weighted by molar-refractivity contribution is -0.157. The molecule has 2 N–H and O–H groups in total. The van der Waals surface area contributed by atoms with Gasteiger partial charge in [0.15, 0.2) is 0 Å². The molecule has 0 atom stereocenters. The number of hydrogen-bond donors (Lipinski definition) is 2. The van der Waals surface area contributed by atoms with Crippen LogP contribution in [0.15, 0.2) is 0 Å². The number of rotatable bonds is 2. The molecule has 1 aliphatic rings. The van der Waals surface area contributed by atoms with Gasteiger partial charge in [-0.15, -0.1) is 12.4 Å². The minimum Gasteiger partial charge on any atom is -0.469 e. The zero-order chi connectivity index (χ0) is 9.03. The normalized spacial score (nSPS) is 20.2. The molecule has 0 aromatic carbocycles. The molecule has 0 aliphatic carbocycles. The van der Waals surface area contributed by atoms with E-state index in [0.717, 1.165) is 13.1 Å². The van der Waals surface area contributed by atoms with Crippen molar-refractivity contribution < 1.29 is 14.6 Å². The first kappa shape index (κ1) is 12.7. The molecule has 0 radical (unpaired) electrons. The highest BCUT2D eigenvalue weighted by molar-refractivity contribution is 5.85. The van der Waals surface area contributed by atoms with E-state index in [-0.39, 0.29) is 25.0 Å². The SMILES string of the molecule is COC(=O)C1(CO)CCNCC1.Cl. The minimum absolute atomic E-state index is 0. The standard InChI is InChI=1S/C8H15NO3.ClH/c1-12-7(11)8(6-10)2-4-9-5-3-8;/h9-10H,2-6H2,1H3;1H. The van der Waals surface area contributed by atoms with Crippen molar-refractivity contribution in [3.8, 4) is 0 Å².